The van der Waals surface area contributed by atoms with Crippen LogP contribution in [0, 0.1) is 5.82 Å². The molecule has 88 valence electrons. The minimum absolute atomic E-state index is 0.167. The van der Waals surface area contributed by atoms with Crippen molar-refractivity contribution in [3.63, 3.8) is 0 Å². The molecule has 0 bridgehead atoms. The number of rotatable bonds is 3. The van der Waals surface area contributed by atoms with E-state index in [2.05, 4.69) is 4.98 Å². The molecule has 2 rings (SSSR count). The number of alkyl halides is 1. The van der Waals surface area contributed by atoms with E-state index in [1.54, 1.807) is 19.4 Å². The average molecular weight is 245 g/mol. The Labute approximate surface area is 99.2 Å². The number of anilines is 1. The fourth-order valence-electron chi connectivity index (χ4n) is 1.91. The van der Waals surface area contributed by atoms with Gasteiger partial charge in [-0.15, -0.1) is 11.6 Å². The Kier molecular flexibility index (Phi) is 3.61. The van der Waals surface area contributed by atoms with E-state index in [9.17, 15) is 4.39 Å². The second-order valence-electron chi connectivity index (χ2n) is 3.83. The molecule has 2 heterocycles. The molecule has 1 atom stereocenters. The van der Waals surface area contributed by atoms with Crippen LogP contribution in [-0.4, -0.2) is 31.3 Å². The fourth-order valence-corrected chi connectivity index (χ4v) is 2.11. The first-order valence-electron chi connectivity index (χ1n) is 5.23. The van der Waals surface area contributed by atoms with Crippen molar-refractivity contribution in [2.45, 2.75) is 18.4 Å². The molecule has 16 heavy (non-hydrogen) atoms. The van der Waals surface area contributed by atoms with E-state index < -0.39 is 0 Å². The van der Waals surface area contributed by atoms with Crippen molar-refractivity contribution in [1.82, 2.24) is 4.98 Å². The van der Waals surface area contributed by atoms with Gasteiger partial charge in [-0.3, -0.25) is 0 Å². The number of halogens is 2. The Bertz CT molecular complexity index is 375. The van der Waals surface area contributed by atoms with E-state index >= 15 is 0 Å². The summed E-state index contributed by atoms with van der Waals surface area (Å²) in [6.07, 6.45) is 2.67. The molecular weight excluding hydrogens is 231 g/mol. The van der Waals surface area contributed by atoms with Crippen LogP contribution in [0.3, 0.4) is 0 Å². The van der Waals surface area contributed by atoms with Gasteiger partial charge in [-0.2, -0.15) is 0 Å². The summed E-state index contributed by atoms with van der Waals surface area (Å²) in [6, 6.07) is 1.61. The smallest absolute Gasteiger partial charge is 0.170 e. The molecule has 1 aliphatic heterocycles. The van der Waals surface area contributed by atoms with Gasteiger partial charge in [0.05, 0.1) is 12.0 Å². The Morgan fingerprint density at radius 2 is 2.50 bits per heavy atom. The van der Waals surface area contributed by atoms with Crippen LogP contribution in [0.4, 0.5) is 10.2 Å². The highest BCUT2D eigenvalue weighted by atomic mass is 35.5. The van der Waals surface area contributed by atoms with Crippen molar-refractivity contribution < 1.29 is 9.13 Å². The normalized spacial score (nSPS) is 20.4. The van der Waals surface area contributed by atoms with E-state index in [0.29, 0.717) is 17.9 Å². The highest BCUT2D eigenvalue weighted by Crippen LogP contribution is 2.24. The van der Waals surface area contributed by atoms with Crippen molar-refractivity contribution in [3.8, 4) is 0 Å². The summed E-state index contributed by atoms with van der Waals surface area (Å²) in [5, 5.41) is 0. The van der Waals surface area contributed by atoms with Crippen molar-refractivity contribution >= 4 is 17.4 Å². The Balaban J connectivity index is 2.21. The van der Waals surface area contributed by atoms with Gasteiger partial charge in [-0.25, -0.2) is 9.37 Å². The number of methoxy groups -OCH3 is 1. The molecule has 1 aliphatic rings. The quantitative estimate of drug-likeness (QED) is 0.763. The summed E-state index contributed by atoms with van der Waals surface area (Å²) in [5.41, 5.74) is 0.493. The van der Waals surface area contributed by atoms with Crippen LogP contribution in [0.5, 0.6) is 0 Å². The topological polar surface area (TPSA) is 25.4 Å². The van der Waals surface area contributed by atoms with Crippen LogP contribution in [-0.2, 0) is 10.6 Å². The zero-order valence-electron chi connectivity index (χ0n) is 9.12. The SMILES string of the molecule is COC1CCN(c2nccc(CCl)c2F)C1. The van der Waals surface area contributed by atoms with Gasteiger partial charge in [-0.1, -0.05) is 0 Å². The van der Waals surface area contributed by atoms with E-state index in [-0.39, 0.29) is 17.8 Å². The van der Waals surface area contributed by atoms with Crippen molar-refractivity contribution in [2.24, 2.45) is 0 Å². The third-order valence-corrected chi connectivity index (χ3v) is 3.16. The molecule has 1 unspecified atom stereocenters. The van der Waals surface area contributed by atoms with E-state index in [1.165, 1.54) is 0 Å². The zero-order valence-corrected chi connectivity index (χ0v) is 9.88. The van der Waals surface area contributed by atoms with Crippen LogP contribution in [0.1, 0.15) is 12.0 Å². The summed E-state index contributed by atoms with van der Waals surface area (Å²) in [5.74, 6) is 0.245. The molecule has 1 aromatic heterocycles. The first-order chi connectivity index (χ1) is 7.76. The zero-order chi connectivity index (χ0) is 11.5. The molecule has 0 saturated carbocycles. The monoisotopic (exact) mass is 244 g/mol. The molecule has 0 N–H and O–H groups in total. The van der Waals surface area contributed by atoms with Gasteiger partial charge in [-0.05, 0) is 12.5 Å². The minimum Gasteiger partial charge on any atom is -0.380 e. The van der Waals surface area contributed by atoms with Gasteiger partial charge in [0.25, 0.3) is 0 Å². The minimum atomic E-state index is -0.311. The largest absolute Gasteiger partial charge is 0.380 e. The number of nitrogens with zero attached hydrogens (tertiary/aromatic N) is 2. The van der Waals surface area contributed by atoms with Gasteiger partial charge in [0, 0.05) is 32.0 Å². The van der Waals surface area contributed by atoms with Crippen LogP contribution >= 0.6 is 11.6 Å². The molecule has 0 radical (unpaired) electrons. The van der Waals surface area contributed by atoms with Gasteiger partial charge in [0.1, 0.15) is 0 Å². The standard InChI is InChI=1S/C11H14ClFN2O/c1-16-9-3-5-15(7-9)11-10(13)8(6-12)2-4-14-11/h2,4,9H,3,5-7H2,1H3. The maximum atomic E-state index is 13.9. The summed E-state index contributed by atoms with van der Waals surface area (Å²) in [6.45, 7) is 1.46. The maximum Gasteiger partial charge on any atom is 0.170 e. The molecule has 3 nitrogen and oxygen atoms in total. The van der Waals surface area contributed by atoms with E-state index in [0.717, 1.165) is 13.0 Å². The molecule has 1 aromatic rings. The lowest BCUT2D eigenvalue weighted by Crippen LogP contribution is -2.24. The summed E-state index contributed by atoms with van der Waals surface area (Å²) in [4.78, 5) is 5.98. The first kappa shape index (κ1) is 11.6. The molecule has 1 saturated heterocycles. The maximum absolute atomic E-state index is 13.9. The van der Waals surface area contributed by atoms with E-state index in [4.69, 9.17) is 16.3 Å². The highest BCUT2D eigenvalue weighted by Gasteiger charge is 2.25. The van der Waals surface area contributed by atoms with Gasteiger partial charge in [0.15, 0.2) is 11.6 Å². The van der Waals surface area contributed by atoms with Crippen molar-refractivity contribution in [1.29, 1.82) is 0 Å². The molecular formula is C11H14ClFN2O. The average Bonchev–Trinajstić information content (AvgIpc) is 2.78. The van der Waals surface area contributed by atoms with E-state index in [1.807, 2.05) is 4.90 Å². The molecule has 5 heteroatoms. The molecule has 0 spiro atoms. The predicted molar refractivity (Wildman–Crippen MR) is 61.4 cm³/mol. The molecule has 0 amide bonds. The van der Waals surface area contributed by atoms with Crippen LogP contribution < -0.4 is 4.90 Å². The Morgan fingerprint density at radius 1 is 1.69 bits per heavy atom. The molecule has 0 aromatic carbocycles. The van der Waals surface area contributed by atoms with Crippen molar-refractivity contribution in [3.05, 3.63) is 23.6 Å². The van der Waals surface area contributed by atoms with Gasteiger partial charge >= 0.3 is 0 Å². The second kappa shape index (κ2) is 4.97. The lowest BCUT2D eigenvalue weighted by Gasteiger charge is -2.18. The number of aromatic nitrogens is 1. The van der Waals surface area contributed by atoms with Crippen LogP contribution in [0.25, 0.3) is 0 Å². The number of pyridine rings is 1. The molecule has 0 aliphatic carbocycles. The lowest BCUT2D eigenvalue weighted by atomic mass is 10.2. The van der Waals surface area contributed by atoms with Crippen LogP contribution in [0.2, 0.25) is 0 Å². The summed E-state index contributed by atoms with van der Waals surface area (Å²) < 4.78 is 19.2. The Morgan fingerprint density at radius 3 is 3.12 bits per heavy atom. The first-order valence-corrected chi connectivity index (χ1v) is 5.76. The predicted octanol–water partition coefficient (Wildman–Crippen LogP) is 2.18. The van der Waals surface area contributed by atoms with Gasteiger partial charge in [0.2, 0.25) is 0 Å². The van der Waals surface area contributed by atoms with Crippen LogP contribution in [0.15, 0.2) is 12.3 Å². The summed E-state index contributed by atoms with van der Waals surface area (Å²) in [7, 11) is 1.67. The second-order valence-corrected chi connectivity index (χ2v) is 4.10. The lowest BCUT2D eigenvalue weighted by molar-refractivity contribution is 0.121. The van der Waals surface area contributed by atoms with Gasteiger partial charge < -0.3 is 9.64 Å². The third kappa shape index (κ3) is 2.13. The fraction of sp³-hybridized carbons (Fsp3) is 0.545. The molecule has 1 fully saturated rings. The highest BCUT2D eigenvalue weighted by molar-refractivity contribution is 6.17. The Hall–Kier alpha value is -0.870. The third-order valence-electron chi connectivity index (χ3n) is 2.87. The number of ether oxygens (including phenoxy) is 1. The number of hydrogen-bond donors (Lipinski definition) is 0. The number of hydrogen-bond acceptors (Lipinski definition) is 3. The van der Waals surface area contributed by atoms with Crippen molar-refractivity contribution in [2.75, 3.05) is 25.1 Å². The summed E-state index contributed by atoms with van der Waals surface area (Å²) >= 11 is 5.66.